The molecule has 0 heterocycles. The summed E-state index contributed by atoms with van der Waals surface area (Å²) in [7, 11) is -2.54. The van der Waals surface area contributed by atoms with Crippen LogP contribution in [0.25, 0.3) is 10.8 Å². The van der Waals surface area contributed by atoms with Gasteiger partial charge in [-0.25, -0.2) is 5.43 Å². The van der Waals surface area contributed by atoms with E-state index in [4.69, 9.17) is 8.92 Å². The zero-order valence-corrected chi connectivity index (χ0v) is 18.5. The minimum absolute atomic E-state index is 0.0424. The van der Waals surface area contributed by atoms with E-state index in [1.165, 1.54) is 18.3 Å². The molecule has 0 saturated heterocycles. The molecule has 0 radical (unpaired) electrons. The van der Waals surface area contributed by atoms with E-state index in [9.17, 15) is 13.2 Å². The highest BCUT2D eigenvalue weighted by molar-refractivity contribution is 7.87. The smallest absolute Gasteiger partial charge is 0.339 e. The Bertz CT molecular complexity index is 1430. The molecule has 0 aliphatic carbocycles. The topological polar surface area (TPSA) is 94.1 Å². The van der Waals surface area contributed by atoms with E-state index in [2.05, 4.69) is 10.5 Å². The molecule has 0 spiro atoms. The second-order valence-corrected chi connectivity index (χ2v) is 8.56. The van der Waals surface area contributed by atoms with Gasteiger partial charge in [-0.3, -0.25) is 4.79 Å². The van der Waals surface area contributed by atoms with Crippen LogP contribution in [0.5, 0.6) is 11.5 Å². The van der Waals surface area contributed by atoms with Crippen LogP contribution < -0.4 is 14.3 Å². The van der Waals surface area contributed by atoms with Crippen LogP contribution in [0.2, 0.25) is 0 Å². The Morgan fingerprint density at radius 3 is 2.33 bits per heavy atom. The number of nitrogens with zero attached hydrogens (tertiary/aromatic N) is 1. The van der Waals surface area contributed by atoms with E-state index < -0.39 is 16.0 Å². The highest BCUT2D eigenvalue weighted by Gasteiger charge is 2.18. The Kier molecular flexibility index (Phi) is 6.37. The lowest BCUT2D eigenvalue weighted by Crippen LogP contribution is -2.17. The monoisotopic (exact) mass is 460 g/mol. The maximum Gasteiger partial charge on any atom is 0.339 e. The number of amides is 1. The summed E-state index contributed by atoms with van der Waals surface area (Å²) in [5.41, 5.74) is 3.20. The van der Waals surface area contributed by atoms with Gasteiger partial charge < -0.3 is 8.92 Å². The third kappa shape index (κ3) is 5.19. The first kappa shape index (κ1) is 22.0. The molecule has 33 heavy (non-hydrogen) atoms. The van der Waals surface area contributed by atoms with Gasteiger partial charge in [-0.05, 0) is 59.3 Å². The van der Waals surface area contributed by atoms with Crippen molar-refractivity contribution in [1.29, 1.82) is 0 Å². The lowest BCUT2D eigenvalue weighted by Gasteiger charge is -2.10. The molecule has 166 valence electrons. The predicted octanol–water partition coefficient (Wildman–Crippen LogP) is 4.38. The van der Waals surface area contributed by atoms with E-state index in [0.717, 1.165) is 10.8 Å². The number of hydrogen-bond acceptors (Lipinski definition) is 6. The van der Waals surface area contributed by atoms with Crippen LogP contribution in [0.15, 0.2) is 101 Å². The molecule has 4 rings (SSSR count). The molecule has 0 aromatic heterocycles. The third-order valence-corrected chi connectivity index (χ3v) is 6.08. The normalized spacial score (nSPS) is 11.4. The fourth-order valence-corrected chi connectivity index (χ4v) is 4.11. The van der Waals surface area contributed by atoms with Crippen molar-refractivity contribution in [2.45, 2.75) is 4.90 Å². The third-order valence-electron chi connectivity index (χ3n) is 4.85. The first-order valence-corrected chi connectivity index (χ1v) is 11.4. The van der Waals surface area contributed by atoms with Crippen molar-refractivity contribution in [2.24, 2.45) is 5.10 Å². The summed E-state index contributed by atoms with van der Waals surface area (Å²) in [6, 6.07) is 25.3. The number of hydrazone groups is 1. The van der Waals surface area contributed by atoms with Crippen molar-refractivity contribution in [3.05, 3.63) is 102 Å². The van der Waals surface area contributed by atoms with Gasteiger partial charge in [-0.1, -0.05) is 42.5 Å². The number of carbonyl (C=O) groups is 1. The zero-order chi connectivity index (χ0) is 23.3. The molecule has 0 bridgehead atoms. The molecule has 1 N–H and O–H groups in total. The summed E-state index contributed by atoms with van der Waals surface area (Å²) in [5.74, 6) is 0.304. The van der Waals surface area contributed by atoms with E-state index >= 15 is 0 Å². The number of methoxy groups -OCH3 is 1. The van der Waals surface area contributed by atoms with Gasteiger partial charge in [0.05, 0.1) is 13.3 Å². The van der Waals surface area contributed by atoms with E-state index in [0.29, 0.717) is 16.9 Å². The van der Waals surface area contributed by atoms with Crippen LogP contribution >= 0.6 is 0 Å². The van der Waals surface area contributed by atoms with Crippen molar-refractivity contribution < 1.29 is 22.1 Å². The van der Waals surface area contributed by atoms with Gasteiger partial charge in [-0.2, -0.15) is 13.5 Å². The first-order valence-electron chi connectivity index (χ1n) is 9.96. The highest BCUT2D eigenvalue weighted by Crippen LogP contribution is 2.24. The number of nitrogens with one attached hydrogen (secondary N) is 1. The van der Waals surface area contributed by atoms with Gasteiger partial charge >= 0.3 is 10.1 Å². The summed E-state index contributed by atoms with van der Waals surface area (Å²) in [4.78, 5) is 12.3. The second-order valence-electron chi connectivity index (χ2n) is 7.01. The van der Waals surface area contributed by atoms with Crippen LogP contribution in [0.4, 0.5) is 0 Å². The Hall–Kier alpha value is -4.17. The molecule has 0 fully saturated rings. The Labute approximate surface area is 191 Å². The average Bonchev–Trinajstić information content (AvgIpc) is 2.84. The van der Waals surface area contributed by atoms with Crippen molar-refractivity contribution >= 4 is 33.0 Å². The molecule has 1 amide bonds. The predicted molar refractivity (Wildman–Crippen MR) is 126 cm³/mol. The van der Waals surface area contributed by atoms with Gasteiger partial charge in [0.25, 0.3) is 5.91 Å². The van der Waals surface area contributed by atoms with Crippen LogP contribution in [0.1, 0.15) is 15.9 Å². The molecule has 0 atom stereocenters. The number of fused-ring (bicyclic) bond motifs is 1. The minimum atomic E-state index is -4.08. The summed E-state index contributed by atoms with van der Waals surface area (Å²) >= 11 is 0. The van der Waals surface area contributed by atoms with Gasteiger partial charge in [0.2, 0.25) is 0 Å². The summed E-state index contributed by atoms with van der Waals surface area (Å²) in [6.45, 7) is 0. The molecule has 0 unspecified atom stereocenters. The molecule has 7 nitrogen and oxygen atoms in total. The van der Waals surface area contributed by atoms with Gasteiger partial charge in [-0.15, -0.1) is 0 Å². The van der Waals surface area contributed by atoms with E-state index in [1.54, 1.807) is 61.7 Å². The Balaban J connectivity index is 1.51. The lowest BCUT2D eigenvalue weighted by atomic mass is 10.1. The van der Waals surface area contributed by atoms with Gasteiger partial charge in [0.1, 0.15) is 10.6 Å². The van der Waals surface area contributed by atoms with Crippen LogP contribution in [0.3, 0.4) is 0 Å². The van der Waals surface area contributed by atoms with Crippen molar-refractivity contribution in [2.75, 3.05) is 7.11 Å². The average molecular weight is 461 g/mol. The largest absolute Gasteiger partial charge is 0.497 e. The van der Waals surface area contributed by atoms with Crippen LogP contribution in [-0.2, 0) is 10.1 Å². The lowest BCUT2D eigenvalue weighted by molar-refractivity contribution is 0.0955. The minimum Gasteiger partial charge on any atom is -0.497 e. The van der Waals surface area contributed by atoms with Crippen molar-refractivity contribution in [1.82, 2.24) is 5.43 Å². The zero-order valence-electron chi connectivity index (χ0n) is 17.6. The second kappa shape index (κ2) is 9.54. The number of ether oxygens (including phenoxy) is 1. The quantitative estimate of drug-likeness (QED) is 0.251. The van der Waals surface area contributed by atoms with E-state index in [-0.39, 0.29) is 10.6 Å². The summed E-state index contributed by atoms with van der Waals surface area (Å²) in [5, 5.41) is 5.65. The Morgan fingerprint density at radius 2 is 1.58 bits per heavy atom. The number of rotatable bonds is 7. The number of benzene rings is 4. The standard InChI is InChI=1S/C25H20N2O5S/c1-31-22-13-10-19(11-14-22)25(28)27-26-17-21-8-4-5-9-24(21)32-33(29,30)23-15-12-18-6-2-3-7-20(18)16-23/h2-17H,1H3,(H,27,28)/b26-17-. The summed E-state index contributed by atoms with van der Waals surface area (Å²) < 4.78 is 36.2. The van der Waals surface area contributed by atoms with Gasteiger partial charge in [0, 0.05) is 11.1 Å². The molecular formula is C25H20N2O5S. The number of carbonyl (C=O) groups excluding carboxylic acids is 1. The molecule has 0 aliphatic heterocycles. The maximum absolute atomic E-state index is 12.9. The number of para-hydroxylation sites is 1. The highest BCUT2D eigenvalue weighted by atomic mass is 32.2. The maximum atomic E-state index is 12.9. The van der Waals surface area contributed by atoms with Gasteiger partial charge in [0.15, 0.2) is 5.75 Å². The molecule has 4 aromatic carbocycles. The first-order chi connectivity index (χ1) is 16.0. The molecule has 0 saturated carbocycles. The fourth-order valence-electron chi connectivity index (χ4n) is 3.12. The van der Waals surface area contributed by atoms with Crippen molar-refractivity contribution in [3.63, 3.8) is 0 Å². The molecule has 4 aromatic rings. The van der Waals surface area contributed by atoms with Crippen LogP contribution in [-0.4, -0.2) is 27.6 Å². The Morgan fingerprint density at radius 1 is 0.879 bits per heavy atom. The molecule has 8 heteroatoms. The van der Waals surface area contributed by atoms with Crippen molar-refractivity contribution in [3.8, 4) is 11.5 Å². The van der Waals surface area contributed by atoms with Crippen LogP contribution in [0, 0.1) is 0 Å². The molecule has 0 aliphatic rings. The summed E-state index contributed by atoms with van der Waals surface area (Å²) in [6.07, 6.45) is 1.33. The fraction of sp³-hybridized carbons (Fsp3) is 0.0400. The SMILES string of the molecule is COc1ccc(C(=O)N/N=C\c2ccccc2OS(=O)(=O)c2ccc3ccccc3c2)cc1. The number of hydrogen-bond donors (Lipinski definition) is 1. The molecular weight excluding hydrogens is 440 g/mol. The van der Waals surface area contributed by atoms with E-state index in [1.807, 2.05) is 24.3 Å².